The molecule has 0 aliphatic rings. The van der Waals surface area contributed by atoms with E-state index in [1.54, 1.807) is 12.1 Å². The Balaban J connectivity index is 2.32. The van der Waals surface area contributed by atoms with Gasteiger partial charge in [-0.2, -0.15) is 0 Å². The van der Waals surface area contributed by atoms with Crippen molar-refractivity contribution in [3.8, 4) is 0 Å². The summed E-state index contributed by atoms with van der Waals surface area (Å²) >= 11 is 2.14. The van der Waals surface area contributed by atoms with Gasteiger partial charge in [0, 0.05) is 3.57 Å². The predicted octanol–water partition coefficient (Wildman–Crippen LogP) is 8.89. The van der Waals surface area contributed by atoms with Gasteiger partial charge in [-0.15, -0.1) is 0 Å². The quantitative estimate of drug-likeness (QED) is 0.0890. The van der Waals surface area contributed by atoms with E-state index in [0.717, 1.165) is 29.3 Å². The molecule has 0 atom stereocenters. The zero-order valence-corrected chi connectivity index (χ0v) is 23.1. The first-order valence-electron chi connectivity index (χ1n) is 13.2. The minimum Gasteiger partial charge on any atom is -0.462 e. The highest BCUT2D eigenvalue weighted by Gasteiger charge is 2.20. The Hall–Kier alpha value is -1.11. The molecular formula is C28H45IO4. The van der Waals surface area contributed by atoms with Crippen LogP contribution >= 0.6 is 22.6 Å². The van der Waals surface area contributed by atoms with E-state index in [1.807, 2.05) is 6.07 Å². The summed E-state index contributed by atoms with van der Waals surface area (Å²) in [5.74, 6) is -0.871. The van der Waals surface area contributed by atoms with Crippen LogP contribution in [-0.2, 0) is 9.47 Å². The Bertz CT molecular complexity index is 659. The largest absolute Gasteiger partial charge is 0.462 e. The standard InChI is InChI=1S/C28H45IO4/c1-3-5-7-9-11-13-15-17-21-32-27(30)25-20-19-24(29)23-26(25)28(31)33-22-18-16-14-12-10-8-6-4-2/h19-20,23H,3-18,21-22H2,1-2H3. The van der Waals surface area contributed by atoms with Gasteiger partial charge in [0.15, 0.2) is 0 Å². The van der Waals surface area contributed by atoms with Gasteiger partial charge in [-0.25, -0.2) is 9.59 Å². The van der Waals surface area contributed by atoms with Crippen LogP contribution in [0.3, 0.4) is 0 Å². The third kappa shape index (κ3) is 14.7. The second kappa shape index (κ2) is 20.3. The molecule has 0 amide bonds. The first kappa shape index (κ1) is 29.9. The van der Waals surface area contributed by atoms with Crippen molar-refractivity contribution in [1.29, 1.82) is 0 Å². The molecule has 33 heavy (non-hydrogen) atoms. The van der Waals surface area contributed by atoms with Crippen molar-refractivity contribution in [3.05, 3.63) is 32.9 Å². The molecule has 0 unspecified atom stereocenters. The lowest BCUT2D eigenvalue weighted by molar-refractivity contribution is 0.0450. The third-order valence-electron chi connectivity index (χ3n) is 5.88. The fourth-order valence-corrected chi connectivity index (χ4v) is 4.31. The van der Waals surface area contributed by atoms with Crippen LogP contribution in [0.5, 0.6) is 0 Å². The minimum absolute atomic E-state index is 0.302. The summed E-state index contributed by atoms with van der Waals surface area (Å²) in [6.07, 6.45) is 19.1. The number of hydrogen-bond donors (Lipinski definition) is 0. The molecule has 1 aromatic carbocycles. The van der Waals surface area contributed by atoms with E-state index in [1.165, 1.54) is 77.0 Å². The van der Waals surface area contributed by atoms with Crippen molar-refractivity contribution in [2.45, 2.75) is 117 Å². The molecular weight excluding hydrogens is 527 g/mol. The van der Waals surface area contributed by atoms with Gasteiger partial charge in [-0.3, -0.25) is 0 Å². The first-order valence-corrected chi connectivity index (χ1v) is 14.3. The Morgan fingerprint density at radius 3 is 1.45 bits per heavy atom. The molecule has 5 heteroatoms. The smallest absolute Gasteiger partial charge is 0.339 e. The highest BCUT2D eigenvalue weighted by Crippen LogP contribution is 2.18. The molecule has 0 saturated heterocycles. The van der Waals surface area contributed by atoms with E-state index in [2.05, 4.69) is 36.4 Å². The fraction of sp³-hybridized carbons (Fsp3) is 0.714. The molecule has 0 aliphatic carbocycles. The maximum Gasteiger partial charge on any atom is 0.339 e. The molecule has 4 nitrogen and oxygen atoms in total. The van der Waals surface area contributed by atoms with Crippen LogP contribution in [0, 0.1) is 3.57 Å². The average molecular weight is 573 g/mol. The maximum atomic E-state index is 12.6. The molecule has 0 radical (unpaired) electrons. The van der Waals surface area contributed by atoms with E-state index >= 15 is 0 Å². The molecule has 0 bridgehead atoms. The van der Waals surface area contributed by atoms with Crippen LogP contribution < -0.4 is 0 Å². The molecule has 188 valence electrons. The number of halogens is 1. The van der Waals surface area contributed by atoms with Crippen molar-refractivity contribution < 1.29 is 19.1 Å². The van der Waals surface area contributed by atoms with Crippen LogP contribution in [0.1, 0.15) is 137 Å². The number of hydrogen-bond acceptors (Lipinski definition) is 4. The topological polar surface area (TPSA) is 52.6 Å². The zero-order valence-electron chi connectivity index (χ0n) is 21.0. The average Bonchev–Trinajstić information content (AvgIpc) is 2.81. The molecule has 1 aromatic rings. The summed E-state index contributed by atoms with van der Waals surface area (Å²) in [7, 11) is 0. The SMILES string of the molecule is CCCCCCCCCCOC(=O)c1ccc(I)cc1C(=O)OCCCCCCCCCC. The van der Waals surface area contributed by atoms with E-state index in [0.29, 0.717) is 24.3 Å². The number of carbonyl (C=O) groups is 2. The molecule has 1 rings (SSSR count). The van der Waals surface area contributed by atoms with Gasteiger partial charge in [0.25, 0.3) is 0 Å². The van der Waals surface area contributed by atoms with E-state index < -0.39 is 11.9 Å². The summed E-state index contributed by atoms with van der Waals surface area (Å²) in [6, 6.07) is 5.21. The van der Waals surface area contributed by atoms with E-state index in [9.17, 15) is 9.59 Å². The highest BCUT2D eigenvalue weighted by molar-refractivity contribution is 14.1. The number of benzene rings is 1. The van der Waals surface area contributed by atoms with Gasteiger partial charge in [-0.1, -0.05) is 104 Å². The molecule has 0 fully saturated rings. The summed E-state index contributed by atoms with van der Waals surface area (Å²) in [5, 5.41) is 0. The molecule has 0 N–H and O–H groups in total. The number of rotatable bonds is 20. The Kier molecular flexibility index (Phi) is 18.4. The lowest BCUT2D eigenvalue weighted by Gasteiger charge is -2.11. The normalized spacial score (nSPS) is 10.9. The molecule has 0 aliphatic heterocycles. The number of carbonyl (C=O) groups excluding carboxylic acids is 2. The Labute approximate surface area is 215 Å². The molecule has 0 saturated carbocycles. The van der Waals surface area contributed by atoms with Crippen molar-refractivity contribution in [1.82, 2.24) is 0 Å². The van der Waals surface area contributed by atoms with Crippen molar-refractivity contribution in [3.63, 3.8) is 0 Å². The lowest BCUT2D eigenvalue weighted by atomic mass is 10.1. The molecule has 0 spiro atoms. The first-order chi connectivity index (χ1) is 16.1. The zero-order chi connectivity index (χ0) is 24.2. The second-order valence-corrected chi connectivity index (χ2v) is 10.2. The summed E-state index contributed by atoms with van der Waals surface area (Å²) in [6.45, 7) is 5.24. The maximum absolute atomic E-state index is 12.6. The van der Waals surface area contributed by atoms with Gasteiger partial charge in [0.05, 0.1) is 24.3 Å². The van der Waals surface area contributed by atoms with Crippen LogP contribution in [0.25, 0.3) is 0 Å². The minimum atomic E-state index is -0.437. The number of unbranched alkanes of at least 4 members (excludes halogenated alkanes) is 14. The van der Waals surface area contributed by atoms with Gasteiger partial charge < -0.3 is 9.47 Å². The predicted molar refractivity (Wildman–Crippen MR) is 145 cm³/mol. The third-order valence-corrected chi connectivity index (χ3v) is 6.55. The number of ether oxygens (including phenoxy) is 2. The highest BCUT2D eigenvalue weighted by atomic mass is 127. The van der Waals surface area contributed by atoms with Crippen LogP contribution in [0.4, 0.5) is 0 Å². The van der Waals surface area contributed by atoms with E-state index in [4.69, 9.17) is 9.47 Å². The van der Waals surface area contributed by atoms with E-state index in [-0.39, 0.29) is 0 Å². The monoisotopic (exact) mass is 572 g/mol. The van der Waals surface area contributed by atoms with Crippen molar-refractivity contribution >= 4 is 34.5 Å². The fourth-order valence-electron chi connectivity index (χ4n) is 3.82. The van der Waals surface area contributed by atoms with Crippen molar-refractivity contribution in [2.75, 3.05) is 13.2 Å². The summed E-state index contributed by atoms with van der Waals surface area (Å²) in [5.41, 5.74) is 0.610. The van der Waals surface area contributed by atoms with Gasteiger partial charge >= 0.3 is 11.9 Å². The Morgan fingerprint density at radius 2 is 1.00 bits per heavy atom. The second-order valence-electron chi connectivity index (χ2n) is 8.91. The van der Waals surface area contributed by atoms with Crippen LogP contribution in [-0.4, -0.2) is 25.2 Å². The number of esters is 2. The Morgan fingerprint density at radius 1 is 0.606 bits per heavy atom. The molecule has 0 heterocycles. The molecule has 0 aromatic heterocycles. The van der Waals surface area contributed by atoms with Gasteiger partial charge in [-0.05, 0) is 53.6 Å². The summed E-state index contributed by atoms with van der Waals surface area (Å²) < 4.78 is 11.8. The van der Waals surface area contributed by atoms with Crippen LogP contribution in [0.2, 0.25) is 0 Å². The lowest BCUT2D eigenvalue weighted by Crippen LogP contribution is -2.15. The van der Waals surface area contributed by atoms with Gasteiger partial charge in [0.2, 0.25) is 0 Å². The summed E-state index contributed by atoms with van der Waals surface area (Å²) in [4.78, 5) is 25.2. The van der Waals surface area contributed by atoms with Crippen molar-refractivity contribution in [2.24, 2.45) is 0 Å². The van der Waals surface area contributed by atoms with Gasteiger partial charge in [0.1, 0.15) is 0 Å². The van der Waals surface area contributed by atoms with Crippen LogP contribution in [0.15, 0.2) is 18.2 Å².